The van der Waals surface area contributed by atoms with E-state index in [0.717, 1.165) is 22.7 Å². The molecule has 0 fully saturated rings. The Morgan fingerprint density at radius 3 is 2.73 bits per heavy atom. The molecule has 0 radical (unpaired) electrons. The van der Waals surface area contributed by atoms with E-state index in [0.29, 0.717) is 32.6 Å². The van der Waals surface area contributed by atoms with E-state index in [-0.39, 0.29) is 17.1 Å². The number of carbonyl (C=O) groups is 2. The molecule has 0 aliphatic carbocycles. The molecule has 198 valence electrons. The molecule has 1 N–H and O–H groups in total. The maximum absolute atomic E-state index is 12.2. The number of rotatable bonds is 12. The largest absolute Gasteiger partial charge is 0.455 e. The number of amides is 1. The van der Waals surface area contributed by atoms with Crippen LogP contribution in [-0.2, 0) is 22.9 Å². The van der Waals surface area contributed by atoms with E-state index in [9.17, 15) is 19.7 Å². The lowest BCUT2D eigenvalue weighted by Crippen LogP contribution is -2.26. The Kier molecular flexibility index (Phi) is 9.42. The second-order valence-electron chi connectivity index (χ2n) is 9.19. The van der Waals surface area contributed by atoms with Crippen molar-refractivity contribution in [3.8, 4) is 10.6 Å². The molecule has 1 amide bonds. The third-order valence-corrected chi connectivity index (χ3v) is 5.76. The van der Waals surface area contributed by atoms with E-state index in [2.05, 4.69) is 20.4 Å². The van der Waals surface area contributed by atoms with Crippen molar-refractivity contribution in [2.45, 2.75) is 45.6 Å². The Labute approximate surface area is 218 Å². The highest BCUT2D eigenvalue weighted by Crippen LogP contribution is 2.25. The summed E-state index contributed by atoms with van der Waals surface area (Å²) in [4.78, 5) is 43.5. The van der Waals surface area contributed by atoms with E-state index in [1.165, 1.54) is 29.3 Å². The number of nitrogens with zero attached hydrogens (tertiary/aromatic N) is 5. The van der Waals surface area contributed by atoms with Crippen LogP contribution in [-0.4, -0.2) is 61.9 Å². The minimum absolute atomic E-state index is 0.207. The average Bonchev–Trinajstić information content (AvgIpc) is 3.47. The zero-order valence-corrected chi connectivity index (χ0v) is 22.0. The third-order valence-electron chi connectivity index (χ3n) is 4.87. The molecule has 12 nitrogen and oxygen atoms in total. The summed E-state index contributed by atoms with van der Waals surface area (Å²) in [5.74, 6) is -1.03. The monoisotopic (exact) mass is 530 g/mol. The lowest BCUT2D eigenvalue weighted by molar-refractivity contribution is -0.385. The molecular formula is C24H30N6O6S. The van der Waals surface area contributed by atoms with Crippen molar-refractivity contribution in [1.29, 1.82) is 0 Å². The first-order valence-electron chi connectivity index (χ1n) is 11.7. The Hall–Kier alpha value is -3.71. The molecule has 0 atom stereocenters. The maximum Gasteiger partial charge on any atom is 0.358 e. The van der Waals surface area contributed by atoms with Gasteiger partial charge >= 0.3 is 11.7 Å². The molecule has 0 aromatic carbocycles. The summed E-state index contributed by atoms with van der Waals surface area (Å²) in [6, 6.07) is 3.80. The van der Waals surface area contributed by atoms with E-state index in [1.807, 2.05) is 32.9 Å². The molecule has 0 spiro atoms. The van der Waals surface area contributed by atoms with Gasteiger partial charge in [-0.05, 0) is 52.2 Å². The van der Waals surface area contributed by atoms with E-state index < -0.39 is 22.4 Å². The first-order valence-corrected chi connectivity index (χ1v) is 12.6. The molecular weight excluding hydrogens is 500 g/mol. The van der Waals surface area contributed by atoms with Crippen LogP contribution < -0.4 is 5.32 Å². The predicted octanol–water partition coefficient (Wildman–Crippen LogP) is 3.57. The predicted molar refractivity (Wildman–Crippen MR) is 136 cm³/mol. The first kappa shape index (κ1) is 27.9. The number of nitrogens with one attached hydrogen (secondary N) is 1. The van der Waals surface area contributed by atoms with Crippen molar-refractivity contribution in [2.75, 3.05) is 19.8 Å². The molecule has 0 aliphatic heterocycles. The molecule has 3 aromatic rings. The normalized spacial score (nSPS) is 11.4. The fourth-order valence-electron chi connectivity index (χ4n) is 3.27. The number of pyridine rings is 1. The highest BCUT2D eigenvalue weighted by Gasteiger charge is 2.24. The van der Waals surface area contributed by atoms with Gasteiger partial charge in [0.2, 0.25) is 5.69 Å². The Morgan fingerprint density at radius 2 is 2.00 bits per heavy atom. The van der Waals surface area contributed by atoms with Crippen molar-refractivity contribution in [2.24, 2.45) is 7.05 Å². The second kappa shape index (κ2) is 12.5. The van der Waals surface area contributed by atoms with Crippen LogP contribution in [0, 0.1) is 10.1 Å². The van der Waals surface area contributed by atoms with Crippen LogP contribution in [0.3, 0.4) is 0 Å². The highest BCUT2D eigenvalue weighted by atomic mass is 32.1. The van der Waals surface area contributed by atoms with Gasteiger partial charge in [-0.2, -0.15) is 5.10 Å². The number of aromatic nitrogens is 4. The summed E-state index contributed by atoms with van der Waals surface area (Å²) in [6.45, 7) is 6.71. The van der Waals surface area contributed by atoms with Crippen molar-refractivity contribution in [3.63, 3.8) is 0 Å². The summed E-state index contributed by atoms with van der Waals surface area (Å²) >= 11 is 1.38. The van der Waals surface area contributed by atoms with Gasteiger partial charge in [0.15, 0.2) is 5.69 Å². The van der Waals surface area contributed by atoms with Crippen LogP contribution in [0.25, 0.3) is 10.6 Å². The zero-order chi connectivity index (χ0) is 27.0. The Balaban J connectivity index is 1.37. The summed E-state index contributed by atoms with van der Waals surface area (Å²) in [5.41, 5.74) is 0.947. The van der Waals surface area contributed by atoms with Crippen molar-refractivity contribution in [3.05, 3.63) is 57.1 Å². The average molecular weight is 531 g/mol. The number of ether oxygens (including phenoxy) is 2. The molecule has 0 bridgehead atoms. The number of carbonyl (C=O) groups excluding carboxylic acids is 2. The van der Waals surface area contributed by atoms with Crippen LogP contribution in [0.1, 0.15) is 60.3 Å². The van der Waals surface area contributed by atoms with Gasteiger partial charge in [-0.3, -0.25) is 24.6 Å². The van der Waals surface area contributed by atoms with Crippen LogP contribution in [0.5, 0.6) is 0 Å². The second-order valence-corrected chi connectivity index (χ2v) is 10.1. The molecule has 0 unspecified atom stereocenters. The highest BCUT2D eigenvalue weighted by molar-refractivity contribution is 7.13. The molecule has 13 heteroatoms. The minimum atomic E-state index is -0.631. The summed E-state index contributed by atoms with van der Waals surface area (Å²) in [6.07, 6.45) is 4.93. The van der Waals surface area contributed by atoms with Crippen molar-refractivity contribution < 1.29 is 24.0 Å². The van der Waals surface area contributed by atoms with Gasteiger partial charge in [-0.25, -0.2) is 9.78 Å². The lowest BCUT2D eigenvalue weighted by atomic mass is 10.1. The fraction of sp³-hybridized carbons (Fsp3) is 0.458. The van der Waals surface area contributed by atoms with Gasteiger partial charge < -0.3 is 14.8 Å². The Morgan fingerprint density at radius 1 is 1.24 bits per heavy atom. The fourth-order valence-corrected chi connectivity index (χ4v) is 4.05. The van der Waals surface area contributed by atoms with Crippen LogP contribution in [0.15, 0.2) is 29.9 Å². The number of thiazole rings is 1. The molecule has 37 heavy (non-hydrogen) atoms. The van der Waals surface area contributed by atoms with Crippen LogP contribution in [0.4, 0.5) is 5.69 Å². The standard InChI is InChI=1S/C24H30N6O6S/c1-24(2,3)36-23(32)18-15-37-22(27-18)16-8-10-25-17(13-16)7-5-11-35-12-6-9-26-21(31)20-19(30(33)34)14-29(4)28-20/h8,10,13-15H,5-7,9,11-12H2,1-4H3,(H,26,31). The van der Waals surface area contributed by atoms with Crippen molar-refractivity contribution >= 4 is 28.9 Å². The van der Waals surface area contributed by atoms with E-state index >= 15 is 0 Å². The quantitative estimate of drug-likeness (QED) is 0.160. The molecule has 0 aliphatic rings. The Bertz CT molecular complexity index is 1250. The molecule has 3 heterocycles. The summed E-state index contributed by atoms with van der Waals surface area (Å²) in [5, 5.41) is 19.9. The zero-order valence-electron chi connectivity index (χ0n) is 21.2. The summed E-state index contributed by atoms with van der Waals surface area (Å²) in [7, 11) is 1.52. The van der Waals surface area contributed by atoms with E-state index in [4.69, 9.17) is 9.47 Å². The number of aryl methyl sites for hydroxylation is 2. The molecule has 3 aromatic heterocycles. The van der Waals surface area contributed by atoms with Gasteiger partial charge in [-0.1, -0.05) is 0 Å². The smallest absolute Gasteiger partial charge is 0.358 e. The number of hydrogen-bond donors (Lipinski definition) is 1. The van der Waals surface area contributed by atoms with Crippen LogP contribution >= 0.6 is 11.3 Å². The minimum Gasteiger partial charge on any atom is -0.455 e. The molecule has 3 rings (SSSR count). The molecule has 0 saturated heterocycles. The number of nitro groups is 1. The topological polar surface area (TPSA) is 151 Å². The van der Waals surface area contributed by atoms with Gasteiger partial charge in [0.05, 0.1) is 4.92 Å². The third kappa shape index (κ3) is 8.43. The SMILES string of the molecule is Cn1cc([N+](=O)[O-])c(C(=O)NCCCOCCCc2cc(-c3nc(C(=O)OC(C)(C)C)cs3)ccn2)n1. The molecule has 0 saturated carbocycles. The van der Waals surface area contributed by atoms with Gasteiger partial charge in [-0.15, -0.1) is 11.3 Å². The van der Waals surface area contributed by atoms with Gasteiger partial charge in [0, 0.05) is 49.6 Å². The summed E-state index contributed by atoms with van der Waals surface area (Å²) < 4.78 is 12.2. The number of esters is 1. The van der Waals surface area contributed by atoms with Crippen LogP contribution in [0.2, 0.25) is 0 Å². The first-order chi connectivity index (χ1) is 17.5. The van der Waals surface area contributed by atoms with Gasteiger partial charge in [0.25, 0.3) is 5.91 Å². The maximum atomic E-state index is 12.2. The van der Waals surface area contributed by atoms with Gasteiger partial charge in [0.1, 0.15) is 16.8 Å². The number of hydrogen-bond acceptors (Lipinski definition) is 10. The lowest BCUT2D eigenvalue weighted by Gasteiger charge is -2.18. The van der Waals surface area contributed by atoms with Crippen molar-refractivity contribution in [1.82, 2.24) is 25.1 Å². The van der Waals surface area contributed by atoms with E-state index in [1.54, 1.807) is 11.6 Å².